The lowest BCUT2D eigenvalue weighted by molar-refractivity contribution is 0.145. The Morgan fingerprint density at radius 2 is 1.95 bits per heavy atom. The molecule has 1 aromatic heterocycles. The molecule has 1 atom stereocenters. The van der Waals surface area contributed by atoms with Crippen LogP contribution in [0.15, 0.2) is 36.4 Å². The van der Waals surface area contributed by atoms with Crippen molar-refractivity contribution < 1.29 is 9.47 Å². The fourth-order valence-corrected chi connectivity index (χ4v) is 3.15. The summed E-state index contributed by atoms with van der Waals surface area (Å²) in [6.45, 7) is 3.28. The van der Waals surface area contributed by atoms with Crippen LogP contribution in [0.4, 0.5) is 0 Å². The Bertz CT molecular complexity index is 539. The molecule has 0 radical (unpaired) electrons. The van der Waals surface area contributed by atoms with Gasteiger partial charge in [0.25, 0.3) is 0 Å². The summed E-state index contributed by atoms with van der Waals surface area (Å²) in [7, 11) is 3.66. The van der Waals surface area contributed by atoms with Gasteiger partial charge in [-0.25, -0.2) is 0 Å². The van der Waals surface area contributed by atoms with Crippen LogP contribution in [-0.4, -0.2) is 27.4 Å². The van der Waals surface area contributed by atoms with E-state index >= 15 is 0 Å². The van der Waals surface area contributed by atoms with Gasteiger partial charge >= 0.3 is 0 Å². The van der Waals surface area contributed by atoms with Crippen LogP contribution >= 0.6 is 11.3 Å². The predicted molar refractivity (Wildman–Crippen MR) is 83.8 cm³/mol. The molecule has 1 unspecified atom stereocenters. The van der Waals surface area contributed by atoms with Crippen molar-refractivity contribution in [2.75, 3.05) is 27.4 Å². The molecular formula is C16H21NO2S. The van der Waals surface area contributed by atoms with E-state index < -0.39 is 0 Å². The molecule has 2 rings (SSSR count). The van der Waals surface area contributed by atoms with Crippen LogP contribution < -0.4 is 10.1 Å². The molecule has 1 heterocycles. The third-order valence-corrected chi connectivity index (χ3v) is 4.17. The van der Waals surface area contributed by atoms with Gasteiger partial charge in [0.2, 0.25) is 0 Å². The van der Waals surface area contributed by atoms with E-state index in [1.165, 1.54) is 9.75 Å². The molecule has 3 nitrogen and oxygen atoms in total. The molecule has 0 aliphatic heterocycles. The van der Waals surface area contributed by atoms with E-state index in [0.29, 0.717) is 13.2 Å². The number of thiophene rings is 1. The van der Waals surface area contributed by atoms with Crippen molar-refractivity contribution in [3.63, 3.8) is 0 Å². The SMILES string of the molecule is CNC(c1ccc(C)s1)c1ccccc1OCCOC. The summed E-state index contributed by atoms with van der Waals surface area (Å²) < 4.78 is 10.9. The molecule has 0 aliphatic rings. The van der Waals surface area contributed by atoms with Gasteiger partial charge in [0.15, 0.2) is 0 Å². The molecule has 1 aromatic carbocycles. The van der Waals surface area contributed by atoms with Gasteiger partial charge in [0, 0.05) is 22.4 Å². The standard InChI is InChI=1S/C16H21NO2S/c1-12-8-9-15(20-12)16(17-2)13-6-4-5-7-14(13)19-11-10-18-3/h4-9,16-17H,10-11H2,1-3H3. The Morgan fingerprint density at radius 1 is 1.15 bits per heavy atom. The first-order valence-corrected chi connectivity index (χ1v) is 7.52. The molecule has 0 spiro atoms. The van der Waals surface area contributed by atoms with Gasteiger partial charge < -0.3 is 14.8 Å². The molecule has 0 amide bonds. The van der Waals surface area contributed by atoms with E-state index in [9.17, 15) is 0 Å². The van der Waals surface area contributed by atoms with Gasteiger partial charge in [-0.3, -0.25) is 0 Å². The highest BCUT2D eigenvalue weighted by Crippen LogP contribution is 2.33. The quantitative estimate of drug-likeness (QED) is 0.793. The third-order valence-electron chi connectivity index (χ3n) is 3.11. The fraction of sp³-hybridized carbons (Fsp3) is 0.375. The van der Waals surface area contributed by atoms with Gasteiger partial charge in [-0.15, -0.1) is 11.3 Å². The smallest absolute Gasteiger partial charge is 0.124 e. The number of hydrogen-bond acceptors (Lipinski definition) is 4. The Balaban J connectivity index is 2.25. The van der Waals surface area contributed by atoms with Crippen molar-refractivity contribution in [2.24, 2.45) is 0 Å². The van der Waals surface area contributed by atoms with Crippen molar-refractivity contribution in [1.82, 2.24) is 5.32 Å². The number of nitrogens with one attached hydrogen (secondary N) is 1. The number of hydrogen-bond donors (Lipinski definition) is 1. The highest BCUT2D eigenvalue weighted by molar-refractivity contribution is 7.12. The maximum absolute atomic E-state index is 5.83. The van der Waals surface area contributed by atoms with Crippen LogP contribution in [0, 0.1) is 6.92 Å². The van der Waals surface area contributed by atoms with E-state index in [0.717, 1.165) is 11.3 Å². The van der Waals surface area contributed by atoms with E-state index in [2.05, 4.69) is 30.4 Å². The van der Waals surface area contributed by atoms with Crippen LogP contribution in [0.25, 0.3) is 0 Å². The highest BCUT2D eigenvalue weighted by Gasteiger charge is 2.17. The van der Waals surface area contributed by atoms with Gasteiger partial charge in [-0.1, -0.05) is 18.2 Å². The molecule has 108 valence electrons. The fourth-order valence-electron chi connectivity index (χ4n) is 2.15. The Hall–Kier alpha value is -1.36. The summed E-state index contributed by atoms with van der Waals surface area (Å²) in [4.78, 5) is 2.62. The lowest BCUT2D eigenvalue weighted by atomic mass is 10.0. The highest BCUT2D eigenvalue weighted by atomic mass is 32.1. The molecule has 20 heavy (non-hydrogen) atoms. The Morgan fingerprint density at radius 3 is 2.60 bits per heavy atom. The minimum absolute atomic E-state index is 0.160. The lowest BCUT2D eigenvalue weighted by Gasteiger charge is -2.19. The maximum Gasteiger partial charge on any atom is 0.124 e. The van der Waals surface area contributed by atoms with Crippen LogP contribution in [0.3, 0.4) is 0 Å². The van der Waals surface area contributed by atoms with Crippen molar-refractivity contribution in [2.45, 2.75) is 13.0 Å². The number of benzene rings is 1. The molecule has 1 N–H and O–H groups in total. The number of aryl methyl sites for hydroxylation is 1. The topological polar surface area (TPSA) is 30.5 Å². The minimum atomic E-state index is 0.160. The summed E-state index contributed by atoms with van der Waals surface area (Å²) in [5.41, 5.74) is 1.16. The monoisotopic (exact) mass is 291 g/mol. The normalized spacial score (nSPS) is 12.3. The van der Waals surface area contributed by atoms with E-state index in [-0.39, 0.29) is 6.04 Å². The first-order valence-electron chi connectivity index (χ1n) is 6.70. The lowest BCUT2D eigenvalue weighted by Crippen LogP contribution is -2.18. The van der Waals surface area contributed by atoms with Gasteiger partial charge in [0.1, 0.15) is 12.4 Å². The Labute approximate surface area is 124 Å². The molecule has 2 aromatic rings. The molecular weight excluding hydrogens is 270 g/mol. The first-order chi connectivity index (χ1) is 9.76. The van der Waals surface area contributed by atoms with Gasteiger partial charge in [0.05, 0.1) is 12.6 Å². The van der Waals surface area contributed by atoms with Crippen molar-refractivity contribution in [1.29, 1.82) is 0 Å². The van der Waals surface area contributed by atoms with Crippen LogP contribution in [0.1, 0.15) is 21.4 Å². The predicted octanol–water partition coefficient (Wildman–Crippen LogP) is 3.39. The van der Waals surface area contributed by atoms with Gasteiger partial charge in [-0.2, -0.15) is 0 Å². The van der Waals surface area contributed by atoms with Crippen LogP contribution in [0.5, 0.6) is 5.75 Å². The number of rotatable bonds is 7. The van der Waals surface area contributed by atoms with E-state index in [1.54, 1.807) is 7.11 Å². The average molecular weight is 291 g/mol. The Kier molecular flexibility index (Phi) is 5.59. The zero-order valence-electron chi connectivity index (χ0n) is 12.2. The molecule has 0 saturated heterocycles. The van der Waals surface area contributed by atoms with Crippen molar-refractivity contribution >= 4 is 11.3 Å². The zero-order valence-corrected chi connectivity index (χ0v) is 13.0. The molecule has 0 saturated carbocycles. The van der Waals surface area contributed by atoms with E-state index in [4.69, 9.17) is 9.47 Å². The number of para-hydroxylation sites is 1. The number of methoxy groups -OCH3 is 1. The molecule has 0 bridgehead atoms. The van der Waals surface area contributed by atoms with Gasteiger partial charge in [-0.05, 0) is 32.2 Å². The van der Waals surface area contributed by atoms with Crippen molar-refractivity contribution in [3.05, 3.63) is 51.7 Å². The first kappa shape index (κ1) is 15.0. The van der Waals surface area contributed by atoms with Crippen molar-refractivity contribution in [3.8, 4) is 5.75 Å². The van der Waals surface area contributed by atoms with Crippen LogP contribution in [-0.2, 0) is 4.74 Å². The third kappa shape index (κ3) is 3.60. The number of ether oxygens (including phenoxy) is 2. The molecule has 4 heteroatoms. The average Bonchev–Trinajstić information content (AvgIpc) is 2.88. The summed E-state index contributed by atoms with van der Waals surface area (Å²) in [5.74, 6) is 0.912. The van der Waals surface area contributed by atoms with Crippen LogP contribution in [0.2, 0.25) is 0 Å². The van der Waals surface area contributed by atoms with E-state index in [1.807, 2.05) is 36.6 Å². The summed E-state index contributed by atoms with van der Waals surface area (Å²) in [5, 5.41) is 3.38. The molecule has 0 aliphatic carbocycles. The second-order valence-corrected chi connectivity index (χ2v) is 5.87. The zero-order chi connectivity index (χ0) is 14.4. The summed E-state index contributed by atoms with van der Waals surface area (Å²) in [6.07, 6.45) is 0. The summed E-state index contributed by atoms with van der Waals surface area (Å²) in [6, 6.07) is 12.6. The second-order valence-electron chi connectivity index (χ2n) is 4.55. The largest absolute Gasteiger partial charge is 0.491 e. The second kappa shape index (κ2) is 7.43. The molecule has 0 fully saturated rings. The minimum Gasteiger partial charge on any atom is -0.491 e. The maximum atomic E-state index is 5.83. The summed E-state index contributed by atoms with van der Waals surface area (Å²) >= 11 is 1.81.